The summed E-state index contributed by atoms with van der Waals surface area (Å²) in [7, 11) is -3.88. The Morgan fingerprint density at radius 2 is 1.95 bits per heavy atom. The average molecular weight is 295 g/mol. The highest BCUT2D eigenvalue weighted by atomic mass is 32.2. The van der Waals surface area contributed by atoms with Crippen molar-refractivity contribution in [2.24, 2.45) is 0 Å². The van der Waals surface area contributed by atoms with Gasteiger partial charge in [-0.3, -0.25) is 4.72 Å². The number of hydrogen-bond donors (Lipinski definition) is 2. The molecular formula is C14H14FNO3S. The van der Waals surface area contributed by atoms with Crippen LogP contribution in [0.3, 0.4) is 0 Å². The van der Waals surface area contributed by atoms with Crippen LogP contribution in [0.2, 0.25) is 0 Å². The van der Waals surface area contributed by atoms with Crippen molar-refractivity contribution in [3.63, 3.8) is 0 Å². The lowest BCUT2D eigenvalue weighted by molar-refractivity contribution is 0.282. The molecule has 20 heavy (non-hydrogen) atoms. The zero-order chi connectivity index (χ0) is 14.8. The minimum atomic E-state index is -3.88. The lowest BCUT2D eigenvalue weighted by Crippen LogP contribution is -2.14. The molecule has 0 saturated carbocycles. The van der Waals surface area contributed by atoms with Gasteiger partial charge >= 0.3 is 0 Å². The molecule has 0 bridgehead atoms. The minimum absolute atomic E-state index is 0.165. The normalized spacial score (nSPS) is 11.3. The standard InChI is InChI=1S/C14H14FNO3S/c1-10-5-6-14(11(7-10)9-17)16-20(18,19)13-4-2-3-12(15)8-13/h2-8,16-17H,9H2,1H3. The van der Waals surface area contributed by atoms with Crippen LogP contribution in [-0.2, 0) is 16.6 Å². The van der Waals surface area contributed by atoms with Crippen molar-refractivity contribution in [3.8, 4) is 0 Å². The molecule has 0 aliphatic rings. The number of anilines is 1. The molecule has 2 aromatic rings. The predicted octanol–water partition coefficient (Wildman–Crippen LogP) is 2.43. The maximum absolute atomic E-state index is 13.1. The van der Waals surface area contributed by atoms with E-state index in [0.717, 1.165) is 11.6 Å². The molecule has 0 atom stereocenters. The number of aliphatic hydroxyl groups excluding tert-OH is 1. The molecule has 0 aliphatic carbocycles. The summed E-state index contributed by atoms with van der Waals surface area (Å²) in [6.45, 7) is 1.55. The number of hydrogen-bond acceptors (Lipinski definition) is 3. The smallest absolute Gasteiger partial charge is 0.262 e. The van der Waals surface area contributed by atoms with Gasteiger partial charge in [0.15, 0.2) is 0 Å². The molecule has 0 amide bonds. The summed E-state index contributed by atoms with van der Waals surface area (Å²) in [5.41, 5.74) is 1.65. The third-order valence-corrected chi connectivity index (χ3v) is 4.14. The zero-order valence-electron chi connectivity index (χ0n) is 10.8. The number of aliphatic hydroxyl groups is 1. The Morgan fingerprint density at radius 1 is 1.20 bits per heavy atom. The van der Waals surface area contributed by atoms with Gasteiger partial charge in [0.1, 0.15) is 5.82 Å². The van der Waals surface area contributed by atoms with Crippen LogP contribution in [0.15, 0.2) is 47.4 Å². The van der Waals surface area contributed by atoms with Gasteiger partial charge in [0.05, 0.1) is 17.2 Å². The van der Waals surface area contributed by atoms with Gasteiger partial charge in [-0.1, -0.05) is 23.8 Å². The fraction of sp³-hybridized carbons (Fsp3) is 0.143. The fourth-order valence-corrected chi connectivity index (χ4v) is 2.92. The topological polar surface area (TPSA) is 66.4 Å². The summed E-state index contributed by atoms with van der Waals surface area (Å²) >= 11 is 0. The van der Waals surface area contributed by atoms with Crippen LogP contribution < -0.4 is 4.72 Å². The summed E-state index contributed by atoms with van der Waals surface area (Å²) in [6.07, 6.45) is 0. The van der Waals surface area contributed by atoms with Crippen molar-refractivity contribution >= 4 is 15.7 Å². The molecule has 0 aliphatic heterocycles. The Bertz CT molecular complexity index is 729. The monoisotopic (exact) mass is 295 g/mol. The maximum atomic E-state index is 13.1. The van der Waals surface area contributed by atoms with E-state index < -0.39 is 15.8 Å². The first-order valence-electron chi connectivity index (χ1n) is 5.91. The van der Waals surface area contributed by atoms with E-state index in [2.05, 4.69) is 4.72 Å². The summed E-state index contributed by atoms with van der Waals surface area (Å²) in [4.78, 5) is -0.165. The number of nitrogens with one attached hydrogen (secondary N) is 1. The van der Waals surface area contributed by atoms with Crippen LogP contribution in [0, 0.1) is 12.7 Å². The van der Waals surface area contributed by atoms with Crippen LogP contribution in [0.1, 0.15) is 11.1 Å². The Kier molecular flexibility index (Phi) is 4.06. The van der Waals surface area contributed by atoms with Gasteiger partial charge in [-0.15, -0.1) is 0 Å². The number of benzene rings is 2. The van der Waals surface area contributed by atoms with Gasteiger partial charge in [-0.2, -0.15) is 0 Å². The van der Waals surface area contributed by atoms with Crippen LogP contribution >= 0.6 is 0 Å². The summed E-state index contributed by atoms with van der Waals surface area (Å²) in [6, 6.07) is 9.72. The number of sulfonamides is 1. The van der Waals surface area contributed by atoms with Crippen LogP contribution in [0.4, 0.5) is 10.1 Å². The molecule has 0 radical (unpaired) electrons. The van der Waals surface area contributed by atoms with Gasteiger partial charge < -0.3 is 5.11 Å². The lowest BCUT2D eigenvalue weighted by Gasteiger charge is -2.12. The van der Waals surface area contributed by atoms with Crippen molar-refractivity contribution in [1.82, 2.24) is 0 Å². The van der Waals surface area contributed by atoms with Crippen molar-refractivity contribution in [2.45, 2.75) is 18.4 Å². The van der Waals surface area contributed by atoms with E-state index in [0.29, 0.717) is 5.56 Å². The second-order valence-electron chi connectivity index (χ2n) is 4.38. The second kappa shape index (κ2) is 5.60. The SMILES string of the molecule is Cc1ccc(NS(=O)(=O)c2cccc(F)c2)c(CO)c1. The van der Waals surface area contributed by atoms with Gasteiger partial charge in [0, 0.05) is 5.56 Å². The maximum Gasteiger partial charge on any atom is 0.262 e. The van der Waals surface area contributed by atoms with Gasteiger partial charge in [0.25, 0.3) is 10.0 Å². The van der Waals surface area contributed by atoms with Gasteiger partial charge in [0.2, 0.25) is 0 Å². The molecule has 0 aromatic heterocycles. The van der Waals surface area contributed by atoms with E-state index in [4.69, 9.17) is 0 Å². The highest BCUT2D eigenvalue weighted by Crippen LogP contribution is 2.21. The van der Waals surface area contributed by atoms with Crippen molar-refractivity contribution in [2.75, 3.05) is 4.72 Å². The summed E-state index contributed by atoms with van der Waals surface area (Å²) < 4.78 is 39.8. The molecule has 0 unspecified atom stereocenters. The van der Waals surface area contributed by atoms with E-state index in [1.54, 1.807) is 18.2 Å². The lowest BCUT2D eigenvalue weighted by atomic mass is 10.1. The Labute approximate surface area is 116 Å². The highest BCUT2D eigenvalue weighted by Gasteiger charge is 2.16. The molecule has 6 heteroatoms. The summed E-state index contributed by atoms with van der Waals surface area (Å²) in [5, 5.41) is 9.26. The molecule has 2 N–H and O–H groups in total. The largest absolute Gasteiger partial charge is 0.392 e. The van der Waals surface area contributed by atoms with Crippen LogP contribution in [-0.4, -0.2) is 13.5 Å². The quantitative estimate of drug-likeness (QED) is 0.910. The first-order valence-corrected chi connectivity index (χ1v) is 7.39. The molecule has 0 spiro atoms. The molecule has 0 heterocycles. The molecule has 106 valence electrons. The van der Waals surface area contributed by atoms with Gasteiger partial charge in [-0.05, 0) is 31.2 Å². The van der Waals surface area contributed by atoms with E-state index in [-0.39, 0.29) is 17.2 Å². The molecule has 0 fully saturated rings. The van der Waals surface area contributed by atoms with Crippen molar-refractivity contribution < 1.29 is 17.9 Å². The third kappa shape index (κ3) is 3.15. The Morgan fingerprint density at radius 3 is 2.60 bits per heavy atom. The molecular weight excluding hydrogens is 281 g/mol. The van der Waals surface area contributed by atoms with E-state index in [9.17, 15) is 17.9 Å². The van der Waals surface area contributed by atoms with Crippen LogP contribution in [0.5, 0.6) is 0 Å². The molecule has 0 saturated heterocycles. The number of aryl methyl sites for hydroxylation is 1. The second-order valence-corrected chi connectivity index (χ2v) is 6.06. The van der Waals surface area contributed by atoms with Crippen molar-refractivity contribution in [3.05, 3.63) is 59.4 Å². The van der Waals surface area contributed by atoms with Gasteiger partial charge in [-0.25, -0.2) is 12.8 Å². The molecule has 2 rings (SSSR count). The van der Waals surface area contributed by atoms with Crippen LogP contribution in [0.25, 0.3) is 0 Å². The predicted molar refractivity (Wildman–Crippen MR) is 74.3 cm³/mol. The third-order valence-electron chi connectivity index (χ3n) is 2.78. The Hall–Kier alpha value is -1.92. The fourth-order valence-electron chi connectivity index (χ4n) is 1.79. The van der Waals surface area contributed by atoms with Crippen molar-refractivity contribution in [1.29, 1.82) is 0 Å². The summed E-state index contributed by atoms with van der Waals surface area (Å²) in [5.74, 6) is -0.626. The molecule has 2 aromatic carbocycles. The van der Waals surface area contributed by atoms with E-state index in [1.165, 1.54) is 18.2 Å². The minimum Gasteiger partial charge on any atom is -0.392 e. The van der Waals surface area contributed by atoms with E-state index >= 15 is 0 Å². The Balaban J connectivity index is 2.38. The van der Waals surface area contributed by atoms with E-state index in [1.807, 2.05) is 6.92 Å². The molecule has 4 nitrogen and oxygen atoms in total. The average Bonchev–Trinajstić information content (AvgIpc) is 2.40. The first-order chi connectivity index (χ1) is 9.42. The highest BCUT2D eigenvalue weighted by molar-refractivity contribution is 7.92. The first kappa shape index (κ1) is 14.5. The number of rotatable bonds is 4. The number of halogens is 1. The zero-order valence-corrected chi connectivity index (χ0v) is 11.6.